The second kappa shape index (κ2) is 6.61. The average molecular weight is 277 g/mol. The first-order chi connectivity index (χ1) is 9.60. The highest BCUT2D eigenvalue weighted by atomic mass is 16.5. The summed E-state index contributed by atoms with van der Waals surface area (Å²) in [7, 11) is 1.62. The van der Waals surface area contributed by atoms with E-state index in [0.29, 0.717) is 6.04 Å². The number of anilines is 1. The Hall–Kier alpha value is -1.75. The van der Waals surface area contributed by atoms with Gasteiger partial charge in [0, 0.05) is 44.0 Å². The molecule has 0 spiro atoms. The molecule has 1 N–H and O–H groups in total. The monoisotopic (exact) mass is 277 g/mol. The fourth-order valence-corrected chi connectivity index (χ4v) is 2.34. The highest BCUT2D eigenvalue weighted by Crippen LogP contribution is 2.17. The highest BCUT2D eigenvalue weighted by molar-refractivity contribution is 5.89. The van der Waals surface area contributed by atoms with Crippen LogP contribution in [0.4, 0.5) is 10.5 Å². The maximum absolute atomic E-state index is 12.2. The maximum atomic E-state index is 12.2. The molecule has 0 saturated carbocycles. The molecule has 2 rings (SSSR count). The van der Waals surface area contributed by atoms with E-state index in [2.05, 4.69) is 24.1 Å². The second-order valence-corrected chi connectivity index (χ2v) is 5.28. The Morgan fingerprint density at radius 1 is 1.25 bits per heavy atom. The van der Waals surface area contributed by atoms with Gasteiger partial charge in [-0.25, -0.2) is 4.79 Å². The maximum Gasteiger partial charge on any atom is 0.321 e. The molecular weight excluding hydrogens is 254 g/mol. The Morgan fingerprint density at radius 2 is 1.95 bits per heavy atom. The minimum absolute atomic E-state index is 0.0401. The molecule has 1 aromatic carbocycles. The predicted octanol–water partition coefficient (Wildman–Crippen LogP) is 2.25. The number of carbonyl (C=O) groups is 1. The summed E-state index contributed by atoms with van der Waals surface area (Å²) in [4.78, 5) is 16.4. The third-order valence-electron chi connectivity index (χ3n) is 3.65. The van der Waals surface area contributed by atoms with Crippen LogP contribution in [0.15, 0.2) is 24.3 Å². The standard InChI is InChI=1S/C15H23N3O2/c1-12(2)17-7-9-18(10-8-17)15(19)16-13-5-4-6-14(11-13)20-3/h4-6,11-12H,7-10H2,1-3H3,(H,16,19). The number of carbonyl (C=O) groups excluding carboxylic acids is 1. The van der Waals surface area contributed by atoms with Gasteiger partial charge in [0.15, 0.2) is 0 Å². The molecule has 5 heteroatoms. The molecule has 1 aliphatic heterocycles. The summed E-state index contributed by atoms with van der Waals surface area (Å²) >= 11 is 0. The molecule has 0 aromatic heterocycles. The summed E-state index contributed by atoms with van der Waals surface area (Å²) in [6.45, 7) is 7.78. The first-order valence-corrected chi connectivity index (χ1v) is 7.04. The molecule has 1 heterocycles. The summed E-state index contributed by atoms with van der Waals surface area (Å²) in [6.07, 6.45) is 0. The Labute approximate surface area is 120 Å². The van der Waals surface area contributed by atoms with E-state index in [1.54, 1.807) is 7.11 Å². The number of nitrogens with zero attached hydrogens (tertiary/aromatic N) is 2. The van der Waals surface area contributed by atoms with E-state index in [0.717, 1.165) is 37.6 Å². The first kappa shape index (κ1) is 14.7. The lowest BCUT2D eigenvalue weighted by Crippen LogP contribution is -2.51. The fourth-order valence-electron chi connectivity index (χ4n) is 2.34. The van der Waals surface area contributed by atoms with Crippen LogP contribution in [-0.2, 0) is 0 Å². The number of methoxy groups -OCH3 is 1. The zero-order valence-corrected chi connectivity index (χ0v) is 12.4. The Bertz CT molecular complexity index is 454. The van der Waals surface area contributed by atoms with Crippen LogP contribution in [0.2, 0.25) is 0 Å². The van der Waals surface area contributed by atoms with Crippen molar-refractivity contribution >= 4 is 11.7 Å². The normalized spacial score (nSPS) is 16.3. The molecule has 0 bridgehead atoms. The lowest BCUT2D eigenvalue weighted by molar-refractivity contribution is 0.125. The number of piperazine rings is 1. The van der Waals surface area contributed by atoms with Crippen LogP contribution in [-0.4, -0.2) is 55.2 Å². The van der Waals surface area contributed by atoms with Crippen LogP contribution >= 0.6 is 0 Å². The molecule has 1 saturated heterocycles. The van der Waals surface area contributed by atoms with E-state index in [9.17, 15) is 4.79 Å². The van der Waals surface area contributed by atoms with Crippen LogP contribution < -0.4 is 10.1 Å². The van der Waals surface area contributed by atoms with Crippen LogP contribution in [0, 0.1) is 0 Å². The molecule has 0 radical (unpaired) electrons. The third kappa shape index (κ3) is 3.63. The van der Waals surface area contributed by atoms with E-state index in [-0.39, 0.29) is 6.03 Å². The molecule has 1 fully saturated rings. The lowest BCUT2D eigenvalue weighted by atomic mass is 10.2. The predicted molar refractivity (Wildman–Crippen MR) is 80.3 cm³/mol. The van der Waals surface area contributed by atoms with Gasteiger partial charge in [0.05, 0.1) is 7.11 Å². The van der Waals surface area contributed by atoms with Crippen LogP contribution in [0.3, 0.4) is 0 Å². The number of hydrogen-bond acceptors (Lipinski definition) is 3. The van der Waals surface area contributed by atoms with Gasteiger partial charge in [-0.05, 0) is 26.0 Å². The van der Waals surface area contributed by atoms with E-state index >= 15 is 0 Å². The van der Waals surface area contributed by atoms with Gasteiger partial charge in [-0.1, -0.05) is 6.07 Å². The number of urea groups is 1. The SMILES string of the molecule is COc1cccc(NC(=O)N2CCN(C(C)C)CC2)c1. The summed E-state index contributed by atoms with van der Waals surface area (Å²) in [5.74, 6) is 0.743. The largest absolute Gasteiger partial charge is 0.497 e. The van der Waals surface area contributed by atoms with Gasteiger partial charge in [-0.2, -0.15) is 0 Å². The number of benzene rings is 1. The van der Waals surface area contributed by atoms with Gasteiger partial charge < -0.3 is 15.0 Å². The molecule has 2 amide bonds. The minimum Gasteiger partial charge on any atom is -0.497 e. The summed E-state index contributed by atoms with van der Waals surface area (Å²) in [5.41, 5.74) is 0.764. The highest BCUT2D eigenvalue weighted by Gasteiger charge is 2.22. The number of amides is 2. The fraction of sp³-hybridized carbons (Fsp3) is 0.533. The van der Waals surface area contributed by atoms with Crippen molar-refractivity contribution in [1.82, 2.24) is 9.80 Å². The molecule has 0 aliphatic carbocycles. The molecule has 1 aromatic rings. The van der Waals surface area contributed by atoms with Crippen molar-refractivity contribution in [2.24, 2.45) is 0 Å². The topological polar surface area (TPSA) is 44.8 Å². The zero-order valence-electron chi connectivity index (χ0n) is 12.4. The van der Waals surface area contributed by atoms with E-state index in [1.807, 2.05) is 29.2 Å². The molecule has 1 aliphatic rings. The van der Waals surface area contributed by atoms with Crippen molar-refractivity contribution in [2.75, 3.05) is 38.6 Å². The molecule has 0 atom stereocenters. The van der Waals surface area contributed by atoms with Gasteiger partial charge in [0.1, 0.15) is 5.75 Å². The van der Waals surface area contributed by atoms with Gasteiger partial charge >= 0.3 is 6.03 Å². The quantitative estimate of drug-likeness (QED) is 0.921. The van der Waals surface area contributed by atoms with Crippen LogP contribution in [0.25, 0.3) is 0 Å². The number of rotatable bonds is 3. The number of nitrogens with one attached hydrogen (secondary N) is 1. The minimum atomic E-state index is -0.0401. The molecule has 110 valence electrons. The van der Waals surface area contributed by atoms with Crippen molar-refractivity contribution in [2.45, 2.75) is 19.9 Å². The number of ether oxygens (including phenoxy) is 1. The summed E-state index contributed by atoms with van der Waals surface area (Å²) in [6, 6.07) is 7.91. The van der Waals surface area contributed by atoms with Crippen molar-refractivity contribution in [3.63, 3.8) is 0 Å². The van der Waals surface area contributed by atoms with E-state index < -0.39 is 0 Å². The first-order valence-electron chi connectivity index (χ1n) is 7.04. The lowest BCUT2D eigenvalue weighted by Gasteiger charge is -2.36. The van der Waals surface area contributed by atoms with Crippen molar-refractivity contribution < 1.29 is 9.53 Å². The van der Waals surface area contributed by atoms with Gasteiger partial charge in [-0.3, -0.25) is 4.90 Å². The van der Waals surface area contributed by atoms with E-state index in [1.165, 1.54) is 0 Å². The van der Waals surface area contributed by atoms with Crippen molar-refractivity contribution in [1.29, 1.82) is 0 Å². The van der Waals surface area contributed by atoms with E-state index in [4.69, 9.17) is 4.74 Å². The number of hydrogen-bond donors (Lipinski definition) is 1. The third-order valence-corrected chi connectivity index (χ3v) is 3.65. The molecular formula is C15H23N3O2. The average Bonchev–Trinajstić information content (AvgIpc) is 2.47. The van der Waals surface area contributed by atoms with Gasteiger partial charge in [0.2, 0.25) is 0 Å². The van der Waals surface area contributed by atoms with Gasteiger partial charge in [-0.15, -0.1) is 0 Å². The van der Waals surface area contributed by atoms with Crippen LogP contribution in [0.5, 0.6) is 5.75 Å². The smallest absolute Gasteiger partial charge is 0.321 e. The zero-order chi connectivity index (χ0) is 14.5. The van der Waals surface area contributed by atoms with Crippen molar-refractivity contribution in [3.8, 4) is 5.75 Å². The Balaban J connectivity index is 1.89. The molecule has 20 heavy (non-hydrogen) atoms. The van der Waals surface area contributed by atoms with Gasteiger partial charge in [0.25, 0.3) is 0 Å². The Morgan fingerprint density at radius 3 is 2.55 bits per heavy atom. The Kier molecular flexibility index (Phi) is 4.84. The molecule has 5 nitrogen and oxygen atoms in total. The summed E-state index contributed by atoms with van der Waals surface area (Å²) < 4.78 is 5.15. The summed E-state index contributed by atoms with van der Waals surface area (Å²) in [5, 5.41) is 2.92. The second-order valence-electron chi connectivity index (χ2n) is 5.28. The van der Waals surface area contributed by atoms with Crippen LogP contribution in [0.1, 0.15) is 13.8 Å². The molecule has 0 unspecified atom stereocenters. The van der Waals surface area contributed by atoms with Crippen molar-refractivity contribution in [3.05, 3.63) is 24.3 Å².